The van der Waals surface area contributed by atoms with E-state index in [1.54, 1.807) is 12.1 Å². The zero-order valence-corrected chi connectivity index (χ0v) is 9.47. The van der Waals surface area contributed by atoms with Crippen LogP contribution in [0.5, 0.6) is 5.75 Å². The topological polar surface area (TPSA) is 45.6 Å². The van der Waals surface area contributed by atoms with E-state index >= 15 is 0 Å². The fraction of sp³-hybridized carbons (Fsp3) is 0.308. The second-order valence-corrected chi connectivity index (χ2v) is 4.15. The molecule has 0 amide bonds. The van der Waals surface area contributed by atoms with E-state index in [2.05, 4.69) is 9.88 Å². The van der Waals surface area contributed by atoms with Crippen molar-refractivity contribution in [1.29, 1.82) is 0 Å². The van der Waals surface area contributed by atoms with Crippen LogP contribution in [0.1, 0.15) is 0 Å². The predicted molar refractivity (Wildman–Crippen MR) is 66.4 cm³/mol. The van der Waals surface area contributed by atoms with E-state index < -0.39 is 0 Å². The Balaban J connectivity index is 1.98. The molecule has 0 unspecified atom stereocenters. The lowest BCUT2D eigenvalue weighted by molar-refractivity contribution is 0.122. The molecule has 0 atom stereocenters. The van der Waals surface area contributed by atoms with Gasteiger partial charge in [0.25, 0.3) is 0 Å². The summed E-state index contributed by atoms with van der Waals surface area (Å²) in [5.41, 5.74) is 0.909. The minimum atomic E-state index is 0.276. The summed E-state index contributed by atoms with van der Waals surface area (Å²) >= 11 is 0. The van der Waals surface area contributed by atoms with Crippen LogP contribution in [0.25, 0.3) is 10.9 Å². The number of nitrogens with zero attached hydrogens (tertiary/aromatic N) is 2. The van der Waals surface area contributed by atoms with Crippen molar-refractivity contribution in [1.82, 2.24) is 4.98 Å². The molecule has 1 aliphatic rings. The second-order valence-electron chi connectivity index (χ2n) is 4.15. The summed E-state index contributed by atoms with van der Waals surface area (Å²) in [7, 11) is 0. The molecule has 1 saturated heterocycles. The average Bonchev–Trinajstić information content (AvgIpc) is 2.39. The number of aromatic nitrogens is 1. The smallest absolute Gasteiger partial charge is 0.129 e. The van der Waals surface area contributed by atoms with Crippen molar-refractivity contribution in [3.8, 4) is 5.75 Å². The molecule has 2 heterocycles. The maximum atomic E-state index is 9.39. The van der Waals surface area contributed by atoms with Crippen LogP contribution < -0.4 is 4.90 Å². The van der Waals surface area contributed by atoms with Gasteiger partial charge in [0.2, 0.25) is 0 Å². The van der Waals surface area contributed by atoms with Gasteiger partial charge in [-0.25, -0.2) is 4.98 Å². The monoisotopic (exact) mass is 230 g/mol. The van der Waals surface area contributed by atoms with Gasteiger partial charge in [-0.3, -0.25) is 0 Å². The van der Waals surface area contributed by atoms with Gasteiger partial charge >= 0.3 is 0 Å². The predicted octanol–water partition coefficient (Wildman–Crippen LogP) is 1.78. The quantitative estimate of drug-likeness (QED) is 0.811. The normalized spacial score (nSPS) is 16.4. The highest BCUT2D eigenvalue weighted by molar-refractivity contribution is 5.81. The number of morpholine rings is 1. The van der Waals surface area contributed by atoms with Gasteiger partial charge in [0.1, 0.15) is 11.6 Å². The molecule has 17 heavy (non-hydrogen) atoms. The number of phenols is 1. The molecule has 0 spiro atoms. The van der Waals surface area contributed by atoms with Crippen molar-refractivity contribution >= 4 is 16.7 Å². The molecule has 1 aliphatic heterocycles. The zero-order chi connectivity index (χ0) is 11.7. The van der Waals surface area contributed by atoms with Crippen molar-refractivity contribution < 1.29 is 9.84 Å². The maximum absolute atomic E-state index is 9.39. The molecular formula is C13H14N2O2. The number of ether oxygens (including phenoxy) is 1. The third kappa shape index (κ3) is 2.03. The van der Waals surface area contributed by atoms with Crippen LogP contribution >= 0.6 is 0 Å². The molecule has 0 aliphatic carbocycles. The number of rotatable bonds is 1. The van der Waals surface area contributed by atoms with Crippen molar-refractivity contribution in [3.63, 3.8) is 0 Å². The van der Waals surface area contributed by atoms with Crippen molar-refractivity contribution in [3.05, 3.63) is 30.3 Å². The van der Waals surface area contributed by atoms with E-state index in [9.17, 15) is 5.11 Å². The van der Waals surface area contributed by atoms with Crippen LogP contribution in [-0.2, 0) is 4.74 Å². The Labute approximate surface area is 99.5 Å². The van der Waals surface area contributed by atoms with Gasteiger partial charge in [-0.15, -0.1) is 0 Å². The van der Waals surface area contributed by atoms with Gasteiger partial charge in [0, 0.05) is 18.5 Å². The number of fused-ring (bicyclic) bond motifs is 1. The third-order valence-electron chi connectivity index (χ3n) is 2.99. The minimum absolute atomic E-state index is 0.276. The molecule has 2 aromatic rings. The molecule has 4 nitrogen and oxygen atoms in total. The highest BCUT2D eigenvalue weighted by atomic mass is 16.5. The van der Waals surface area contributed by atoms with Crippen LogP contribution in [0.3, 0.4) is 0 Å². The van der Waals surface area contributed by atoms with Crippen molar-refractivity contribution in [2.75, 3.05) is 31.2 Å². The second kappa shape index (κ2) is 4.22. The lowest BCUT2D eigenvalue weighted by atomic mass is 10.2. The summed E-state index contributed by atoms with van der Waals surface area (Å²) in [6, 6.07) is 9.22. The molecular weight excluding hydrogens is 216 g/mol. The summed E-state index contributed by atoms with van der Waals surface area (Å²) in [5.74, 6) is 1.25. The average molecular weight is 230 g/mol. The number of pyridine rings is 1. The van der Waals surface area contributed by atoms with Crippen molar-refractivity contribution in [2.45, 2.75) is 0 Å². The van der Waals surface area contributed by atoms with Gasteiger partial charge in [-0.05, 0) is 30.3 Å². The summed E-state index contributed by atoms with van der Waals surface area (Å²) in [5, 5.41) is 10.4. The lowest BCUT2D eigenvalue weighted by Gasteiger charge is -2.27. The highest BCUT2D eigenvalue weighted by Crippen LogP contribution is 2.22. The Morgan fingerprint density at radius 2 is 1.94 bits per heavy atom. The van der Waals surface area contributed by atoms with E-state index in [4.69, 9.17) is 4.74 Å². The van der Waals surface area contributed by atoms with Gasteiger partial charge in [-0.1, -0.05) is 0 Å². The van der Waals surface area contributed by atoms with E-state index in [1.807, 2.05) is 18.2 Å². The first-order valence-electron chi connectivity index (χ1n) is 5.75. The molecule has 0 radical (unpaired) electrons. The SMILES string of the molecule is Oc1ccc2nc(N3CCOCC3)ccc2c1. The number of phenolic OH excluding ortho intramolecular Hbond substituents is 1. The van der Waals surface area contributed by atoms with E-state index in [1.165, 1.54) is 0 Å². The first-order chi connectivity index (χ1) is 8.33. The standard InChI is InChI=1S/C13H14N2O2/c16-11-2-3-12-10(9-11)1-4-13(14-12)15-5-7-17-8-6-15/h1-4,9,16H,5-8H2. The number of anilines is 1. The summed E-state index contributed by atoms with van der Waals surface area (Å²) in [6.45, 7) is 3.29. The summed E-state index contributed by atoms with van der Waals surface area (Å²) in [4.78, 5) is 6.82. The number of hydrogen-bond acceptors (Lipinski definition) is 4. The molecule has 1 aromatic heterocycles. The largest absolute Gasteiger partial charge is 0.508 e. The van der Waals surface area contributed by atoms with Crippen LogP contribution in [0.15, 0.2) is 30.3 Å². The Kier molecular flexibility index (Phi) is 2.57. The van der Waals surface area contributed by atoms with Gasteiger partial charge in [-0.2, -0.15) is 0 Å². The zero-order valence-electron chi connectivity index (χ0n) is 9.47. The molecule has 1 aromatic carbocycles. The lowest BCUT2D eigenvalue weighted by Crippen LogP contribution is -2.36. The number of hydrogen-bond donors (Lipinski definition) is 1. The third-order valence-corrected chi connectivity index (χ3v) is 2.99. The van der Waals surface area contributed by atoms with Gasteiger partial charge in [0.05, 0.1) is 18.7 Å². The number of aromatic hydroxyl groups is 1. The summed E-state index contributed by atoms with van der Waals surface area (Å²) in [6.07, 6.45) is 0. The molecule has 0 bridgehead atoms. The molecule has 1 fully saturated rings. The van der Waals surface area contributed by atoms with Gasteiger partial charge < -0.3 is 14.7 Å². The Bertz CT molecular complexity index is 536. The van der Waals surface area contributed by atoms with Crippen LogP contribution in [0.2, 0.25) is 0 Å². The van der Waals surface area contributed by atoms with Crippen molar-refractivity contribution in [2.24, 2.45) is 0 Å². The molecule has 3 rings (SSSR count). The molecule has 0 saturated carbocycles. The van der Waals surface area contributed by atoms with Crippen LogP contribution in [-0.4, -0.2) is 36.4 Å². The molecule has 1 N–H and O–H groups in total. The Morgan fingerprint density at radius 1 is 1.12 bits per heavy atom. The number of benzene rings is 1. The minimum Gasteiger partial charge on any atom is -0.508 e. The Hall–Kier alpha value is -1.81. The Morgan fingerprint density at radius 3 is 2.76 bits per heavy atom. The first-order valence-corrected chi connectivity index (χ1v) is 5.75. The van der Waals surface area contributed by atoms with Gasteiger partial charge in [0.15, 0.2) is 0 Å². The fourth-order valence-corrected chi connectivity index (χ4v) is 2.07. The summed E-state index contributed by atoms with van der Waals surface area (Å²) < 4.78 is 5.32. The molecule has 4 heteroatoms. The first kappa shape index (κ1) is 10.4. The van der Waals surface area contributed by atoms with E-state index in [0.717, 1.165) is 43.0 Å². The van der Waals surface area contributed by atoms with Crippen LogP contribution in [0, 0.1) is 0 Å². The van der Waals surface area contributed by atoms with E-state index in [0.29, 0.717) is 0 Å². The van der Waals surface area contributed by atoms with Crippen LogP contribution in [0.4, 0.5) is 5.82 Å². The molecule has 88 valence electrons. The van der Waals surface area contributed by atoms with E-state index in [-0.39, 0.29) is 5.75 Å². The maximum Gasteiger partial charge on any atom is 0.129 e. The highest BCUT2D eigenvalue weighted by Gasteiger charge is 2.12. The fourth-order valence-electron chi connectivity index (χ4n) is 2.07.